The molecule has 2 unspecified atom stereocenters. The molecule has 1 N–H and O–H groups in total. The third-order valence-corrected chi connectivity index (χ3v) is 3.11. The predicted molar refractivity (Wildman–Crippen MR) is 68.6 cm³/mol. The molecule has 106 valence electrons. The van der Waals surface area contributed by atoms with Gasteiger partial charge in [0.1, 0.15) is 5.75 Å². The second kappa shape index (κ2) is 6.82. The molecule has 2 atom stereocenters. The van der Waals surface area contributed by atoms with E-state index in [0.717, 1.165) is 25.0 Å². The van der Waals surface area contributed by atoms with E-state index < -0.39 is 6.61 Å². The van der Waals surface area contributed by atoms with E-state index in [0.29, 0.717) is 18.7 Å². The molecule has 0 bridgehead atoms. The van der Waals surface area contributed by atoms with Crippen LogP contribution in [0.4, 0.5) is 8.78 Å². The van der Waals surface area contributed by atoms with Crippen LogP contribution < -0.4 is 10.1 Å². The first-order chi connectivity index (χ1) is 9.13. The fraction of sp³-hybridized carbons (Fsp3) is 0.571. The summed E-state index contributed by atoms with van der Waals surface area (Å²) in [6.45, 7) is 0.763. The van der Waals surface area contributed by atoms with E-state index in [2.05, 4.69) is 17.0 Å². The number of hydrogen-bond acceptors (Lipinski definition) is 3. The highest BCUT2D eigenvalue weighted by Gasteiger charge is 2.17. The summed E-state index contributed by atoms with van der Waals surface area (Å²) < 4.78 is 34.1. The van der Waals surface area contributed by atoms with Crippen LogP contribution in [0.15, 0.2) is 24.3 Å². The fourth-order valence-electron chi connectivity index (χ4n) is 2.27. The summed E-state index contributed by atoms with van der Waals surface area (Å²) in [4.78, 5) is 0. The van der Waals surface area contributed by atoms with E-state index in [1.165, 1.54) is 0 Å². The molecule has 1 aromatic carbocycles. The molecule has 1 heterocycles. The van der Waals surface area contributed by atoms with Crippen LogP contribution in [-0.4, -0.2) is 31.9 Å². The summed E-state index contributed by atoms with van der Waals surface area (Å²) in [5, 5.41) is 3.46. The number of morpholine rings is 1. The Hall–Kier alpha value is -1.20. The van der Waals surface area contributed by atoms with Crippen LogP contribution in [0.25, 0.3) is 0 Å². The van der Waals surface area contributed by atoms with E-state index in [4.69, 9.17) is 4.74 Å². The molecule has 0 saturated carbocycles. The van der Waals surface area contributed by atoms with Crippen molar-refractivity contribution in [1.82, 2.24) is 5.32 Å². The second-order valence-electron chi connectivity index (χ2n) is 4.87. The molecule has 5 heteroatoms. The number of benzene rings is 1. The zero-order valence-electron chi connectivity index (χ0n) is 10.9. The minimum absolute atomic E-state index is 0.216. The Bertz CT molecular complexity index is 401. The molecular weight excluding hydrogens is 252 g/mol. The van der Waals surface area contributed by atoms with E-state index in [-0.39, 0.29) is 5.75 Å². The first-order valence-corrected chi connectivity index (χ1v) is 6.51. The predicted octanol–water partition coefficient (Wildman–Crippen LogP) is 2.60. The molecule has 0 aliphatic carbocycles. The monoisotopic (exact) mass is 271 g/mol. The molecule has 0 radical (unpaired) electrons. The van der Waals surface area contributed by atoms with Crippen LogP contribution in [-0.2, 0) is 11.2 Å². The van der Waals surface area contributed by atoms with Gasteiger partial charge >= 0.3 is 6.61 Å². The number of alkyl halides is 2. The lowest BCUT2D eigenvalue weighted by Crippen LogP contribution is -2.47. The maximum atomic E-state index is 12.1. The van der Waals surface area contributed by atoms with Crippen molar-refractivity contribution < 1.29 is 18.3 Å². The number of rotatable bonds is 5. The van der Waals surface area contributed by atoms with Crippen molar-refractivity contribution in [3.8, 4) is 5.75 Å². The van der Waals surface area contributed by atoms with Crippen LogP contribution in [0, 0.1) is 0 Å². The van der Waals surface area contributed by atoms with Gasteiger partial charge in [0.15, 0.2) is 0 Å². The van der Waals surface area contributed by atoms with Crippen molar-refractivity contribution in [1.29, 1.82) is 0 Å². The van der Waals surface area contributed by atoms with Gasteiger partial charge in [-0.15, -0.1) is 0 Å². The topological polar surface area (TPSA) is 30.5 Å². The van der Waals surface area contributed by atoms with Crippen LogP contribution >= 0.6 is 0 Å². The van der Waals surface area contributed by atoms with Gasteiger partial charge in [0.2, 0.25) is 0 Å². The highest BCUT2D eigenvalue weighted by atomic mass is 19.3. The van der Waals surface area contributed by atoms with Crippen LogP contribution in [0.1, 0.15) is 18.9 Å². The molecule has 1 saturated heterocycles. The smallest absolute Gasteiger partial charge is 0.387 e. The Morgan fingerprint density at radius 3 is 3.00 bits per heavy atom. The van der Waals surface area contributed by atoms with Gasteiger partial charge in [-0.25, -0.2) is 0 Å². The molecular formula is C14H19F2NO2. The van der Waals surface area contributed by atoms with Crippen molar-refractivity contribution >= 4 is 0 Å². The van der Waals surface area contributed by atoms with Crippen molar-refractivity contribution in [2.45, 2.75) is 38.5 Å². The number of ether oxygens (including phenoxy) is 2. The quantitative estimate of drug-likeness (QED) is 0.893. The number of nitrogens with one attached hydrogen (secondary N) is 1. The van der Waals surface area contributed by atoms with Crippen LogP contribution in [0.5, 0.6) is 5.75 Å². The average molecular weight is 271 g/mol. The standard InChI is InChI=1S/C14H19F2NO2/c1-10-8-18-9-12(17-10)6-5-11-3-2-4-13(7-11)19-14(15)16/h2-4,7,10,12,14,17H,5-6,8-9H2,1H3. The normalized spacial score (nSPS) is 23.6. The molecule has 1 aliphatic rings. The SMILES string of the molecule is CC1COCC(CCc2cccc(OC(F)F)c2)N1. The highest BCUT2D eigenvalue weighted by molar-refractivity contribution is 5.28. The van der Waals surface area contributed by atoms with Crippen LogP contribution in [0.2, 0.25) is 0 Å². The summed E-state index contributed by atoms with van der Waals surface area (Å²) in [5.41, 5.74) is 0.998. The second-order valence-corrected chi connectivity index (χ2v) is 4.87. The van der Waals surface area contributed by atoms with E-state index in [1.54, 1.807) is 18.2 Å². The van der Waals surface area contributed by atoms with Gasteiger partial charge in [-0.1, -0.05) is 12.1 Å². The largest absolute Gasteiger partial charge is 0.435 e. The maximum Gasteiger partial charge on any atom is 0.387 e. The van der Waals surface area contributed by atoms with Gasteiger partial charge < -0.3 is 14.8 Å². The lowest BCUT2D eigenvalue weighted by Gasteiger charge is -2.29. The Labute approximate surface area is 111 Å². The molecule has 0 amide bonds. The molecule has 0 spiro atoms. The lowest BCUT2D eigenvalue weighted by molar-refractivity contribution is -0.0498. The summed E-state index contributed by atoms with van der Waals surface area (Å²) in [6.07, 6.45) is 1.73. The summed E-state index contributed by atoms with van der Waals surface area (Å²) in [7, 11) is 0. The van der Waals surface area contributed by atoms with Crippen molar-refractivity contribution in [3.63, 3.8) is 0 Å². The molecule has 1 aromatic rings. The van der Waals surface area contributed by atoms with E-state index >= 15 is 0 Å². The minimum atomic E-state index is -2.77. The van der Waals surface area contributed by atoms with Gasteiger partial charge in [0.05, 0.1) is 13.2 Å². The lowest BCUT2D eigenvalue weighted by atomic mass is 10.0. The van der Waals surface area contributed by atoms with Crippen molar-refractivity contribution in [2.24, 2.45) is 0 Å². The molecule has 1 aliphatic heterocycles. The number of aryl methyl sites for hydroxylation is 1. The summed E-state index contributed by atoms with van der Waals surface area (Å²) in [5.74, 6) is 0.216. The third kappa shape index (κ3) is 4.76. The van der Waals surface area contributed by atoms with Crippen LogP contribution in [0.3, 0.4) is 0 Å². The number of hydrogen-bond donors (Lipinski definition) is 1. The van der Waals surface area contributed by atoms with E-state index in [1.807, 2.05) is 6.07 Å². The fourth-order valence-corrected chi connectivity index (χ4v) is 2.27. The zero-order chi connectivity index (χ0) is 13.7. The summed E-state index contributed by atoms with van der Waals surface area (Å²) >= 11 is 0. The third-order valence-electron chi connectivity index (χ3n) is 3.11. The average Bonchev–Trinajstić information content (AvgIpc) is 2.36. The van der Waals surface area contributed by atoms with E-state index in [9.17, 15) is 8.78 Å². The Morgan fingerprint density at radius 2 is 2.26 bits per heavy atom. The first kappa shape index (κ1) is 14.2. The molecule has 2 rings (SSSR count). The zero-order valence-corrected chi connectivity index (χ0v) is 10.9. The Morgan fingerprint density at radius 1 is 1.42 bits per heavy atom. The molecule has 19 heavy (non-hydrogen) atoms. The number of halogens is 2. The minimum Gasteiger partial charge on any atom is -0.435 e. The maximum absolute atomic E-state index is 12.1. The van der Waals surface area contributed by atoms with Gasteiger partial charge in [-0.05, 0) is 37.5 Å². The van der Waals surface area contributed by atoms with Gasteiger partial charge in [-0.2, -0.15) is 8.78 Å². The highest BCUT2D eigenvalue weighted by Crippen LogP contribution is 2.18. The van der Waals surface area contributed by atoms with Crippen molar-refractivity contribution in [2.75, 3.05) is 13.2 Å². The molecule has 1 fully saturated rings. The molecule has 3 nitrogen and oxygen atoms in total. The van der Waals surface area contributed by atoms with Gasteiger partial charge in [0.25, 0.3) is 0 Å². The van der Waals surface area contributed by atoms with Gasteiger partial charge in [0, 0.05) is 12.1 Å². The first-order valence-electron chi connectivity index (χ1n) is 6.51. The molecule has 0 aromatic heterocycles. The van der Waals surface area contributed by atoms with Crippen molar-refractivity contribution in [3.05, 3.63) is 29.8 Å². The van der Waals surface area contributed by atoms with Gasteiger partial charge in [-0.3, -0.25) is 0 Å². The Balaban J connectivity index is 1.85. The Kier molecular flexibility index (Phi) is 5.10. The summed E-state index contributed by atoms with van der Waals surface area (Å²) in [6, 6.07) is 7.56.